The van der Waals surface area contributed by atoms with E-state index in [0.717, 1.165) is 10.2 Å². The molecule has 0 radical (unpaired) electrons. The molecule has 1 aromatic heterocycles. The summed E-state index contributed by atoms with van der Waals surface area (Å²) in [5.74, 6) is -0.0146. The summed E-state index contributed by atoms with van der Waals surface area (Å²) in [6.45, 7) is 10.9. The van der Waals surface area contributed by atoms with E-state index in [9.17, 15) is 8.42 Å². The van der Waals surface area contributed by atoms with Gasteiger partial charge in [0.05, 0.1) is 16.0 Å². The largest absolute Gasteiger partial charge is 0.416 e. The molecule has 0 atom stereocenters. The summed E-state index contributed by atoms with van der Waals surface area (Å²) in [7, 11) is -5.30. The van der Waals surface area contributed by atoms with Crippen LogP contribution >= 0.6 is 11.3 Å². The van der Waals surface area contributed by atoms with E-state index in [-0.39, 0.29) is 21.7 Å². The highest BCUT2D eigenvalue weighted by molar-refractivity contribution is 7.93. The number of fused-ring (bicyclic) bond motifs is 1. The van der Waals surface area contributed by atoms with Crippen molar-refractivity contribution in [1.82, 2.24) is 4.98 Å². The fourth-order valence-electron chi connectivity index (χ4n) is 1.69. The molecule has 4 nitrogen and oxygen atoms in total. The Kier molecular flexibility index (Phi) is 4.82. The molecule has 0 amide bonds. The first-order valence-electron chi connectivity index (χ1n) is 7.25. The van der Waals surface area contributed by atoms with Crippen LogP contribution in [0.1, 0.15) is 20.8 Å². The molecule has 0 saturated carbocycles. The lowest BCUT2D eigenvalue weighted by Gasteiger charge is -2.36. The maximum atomic E-state index is 12.4. The number of para-hydroxylation sites is 1. The van der Waals surface area contributed by atoms with Gasteiger partial charge < -0.3 is 4.43 Å². The summed E-state index contributed by atoms with van der Waals surface area (Å²) in [5.41, 5.74) is 0.733. The van der Waals surface area contributed by atoms with Crippen LogP contribution in [0, 0.1) is 0 Å². The van der Waals surface area contributed by atoms with Crippen molar-refractivity contribution in [3.05, 3.63) is 24.3 Å². The Balaban J connectivity index is 2.09. The van der Waals surface area contributed by atoms with Gasteiger partial charge in [0.1, 0.15) is 0 Å². The number of benzene rings is 1. The molecule has 0 bridgehead atoms. The van der Waals surface area contributed by atoms with Crippen molar-refractivity contribution < 1.29 is 12.8 Å². The van der Waals surface area contributed by atoms with Crippen molar-refractivity contribution in [3.8, 4) is 0 Å². The third kappa shape index (κ3) is 3.76. The lowest BCUT2D eigenvalue weighted by molar-refractivity contribution is 0.309. The van der Waals surface area contributed by atoms with E-state index in [1.54, 1.807) is 0 Å². The van der Waals surface area contributed by atoms with Gasteiger partial charge in [-0.2, -0.15) is 0 Å². The van der Waals surface area contributed by atoms with Crippen molar-refractivity contribution in [1.29, 1.82) is 0 Å². The normalized spacial score (nSPS) is 13.7. The molecule has 0 aliphatic heterocycles. The highest BCUT2D eigenvalue weighted by Crippen LogP contribution is 2.36. The second-order valence-corrected chi connectivity index (χ2v) is 15.0. The van der Waals surface area contributed by atoms with E-state index in [0.29, 0.717) is 0 Å². The van der Waals surface area contributed by atoms with Gasteiger partial charge in [-0.15, -0.1) is 11.3 Å². The van der Waals surface area contributed by atoms with Gasteiger partial charge in [0.25, 0.3) is 0 Å². The molecule has 0 N–H and O–H groups in total. The molecule has 0 fully saturated rings. The quantitative estimate of drug-likeness (QED) is 0.756. The molecule has 1 aromatic carbocycles. The van der Waals surface area contributed by atoms with Gasteiger partial charge in [-0.25, -0.2) is 13.4 Å². The minimum atomic E-state index is -3.39. The Bertz CT molecular complexity index is 727. The van der Waals surface area contributed by atoms with Crippen LogP contribution in [0.15, 0.2) is 28.6 Å². The number of hydrogen-bond acceptors (Lipinski definition) is 5. The first kappa shape index (κ1) is 17.6. The van der Waals surface area contributed by atoms with E-state index in [2.05, 4.69) is 38.8 Å². The van der Waals surface area contributed by atoms with Gasteiger partial charge in [-0.05, 0) is 30.3 Å². The smallest absolute Gasteiger partial charge is 0.210 e. The number of sulfone groups is 1. The second-order valence-electron chi connectivity index (χ2n) is 6.88. The standard InChI is InChI=1S/C15H23NO3S2Si/c1-15(2,3)22(4,5)19-10-11-21(17,18)14-16-12-8-6-7-9-13(12)20-14/h6-9H,10-11H2,1-5H3. The number of thiazole rings is 1. The van der Waals surface area contributed by atoms with E-state index in [1.165, 1.54) is 11.3 Å². The zero-order valence-electron chi connectivity index (χ0n) is 13.7. The van der Waals surface area contributed by atoms with Crippen molar-refractivity contribution in [2.24, 2.45) is 0 Å². The number of nitrogens with zero attached hydrogens (tertiary/aromatic N) is 1. The molecule has 122 valence electrons. The lowest BCUT2D eigenvalue weighted by Crippen LogP contribution is -2.41. The Labute approximate surface area is 137 Å². The van der Waals surface area contributed by atoms with E-state index >= 15 is 0 Å². The molecule has 2 aromatic rings. The van der Waals surface area contributed by atoms with Crippen LogP contribution < -0.4 is 0 Å². The highest BCUT2D eigenvalue weighted by Gasteiger charge is 2.37. The van der Waals surface area contributed by atoms with Crippen LogP contribution in [-0.4, -0.2) is 34.1 Å². The molecule has 0 spiro atoms. The summed E-state index contributed by atoms with van der Waals surface area (Å²) in [4.78, 5) is 4.23. The fourth-order valence-corrected chi connectivity index (χ4v) is 5.33. The first-order chi connectivity index (χ1) is 10.0. The van der Waals surface area contributed by atoms with Gasteiger partial charge in [-0.1, -0.05) is 32.9 Å². The summed E-state index contributed by atoms with van der Waals surface area (Å²) in [6.07, 6.45) is 0. The number of rotatable bonds is 5. The fraction of sp³-hybridized carbons (Fsp3) is 0.533. The zero-order chi connectivity index (χ0) is 16.6. The third-order valence-electron chi connectivity index (χ3n) is 4.16. The van der Waals surface area contributed by atoms with Crippen LogP contribution in [0.2, 0.25) is 18.1 Å². The molecule has 0 unspecified atom stereocenters. The summed E-state index contributed by atoms with van der Waals surface area (Å²) in [5, 5.41) is 0.0760. The minimum absolute atomic E-state index is 0.0146. The average molecular weight is 358 g/mol. The number of aromatic nitrogens is 1. The first-order valence-corrected chi connectivity index (χ1v) is 12.6. The summed E-state index contributed by atoms with van der Waals surface area (Å²) < 4.78 is 31.9. The van der Waals surface area contributed by atoms with Gasteiger partial charge in [0.2, 0.25) is 14.2 Å². The van der Waals surface area contributed by atoms with Crippen LogP contribution in [-0.2, 0) is 14.3 Å². The molecule has 22 heavy (non-hydrogen) atoms. The van der Waals surface area contributed by atoms with E-state index < -0.39 is 18.2 Å². The molecule has 2 rings (SSSR count). The Morgan fingerprint density at radius 1 is 1.23 bits per heavy atom. The molecular weight excluding hydrogens is 334 g/mol. The SMILES string of the molecule is CC(C)(C)[Si](C)(C)OCCS(=O)(=O)c1nc2ccccc2s1. The molecule has 1 heterocycles. The topological polar surface area (TPSA) is 56.3 Å². The van der Waals surface area contributed by atoms with E-state index in [1.807, 2.05) is 24.3 Å². The predicted octanol–water partition coefficient (Wildman–Crippen LogP) is 4.09. The summed E-state index contributed by atoms with van der Waals surface area (Å²) in [6, 6.07) is 7.46. The maximum Gasteiger partial charge on any atom is 0.210 e. The van der Waals surface area contributed by atoms with E-state index in [4.69, 9.17) is 4.43 Å². The average Bonchev–Trinajstić information content (AvgIpc) is 2.81. The molecule has 0 aliphatic rings. The number of hydrogen-bond donors (Lipinski definition) is 0. The molecule has 0 aliphatic carbocycles. The van der Waals surface area contributed by atoms with Crippen molar-refractivity contribution in [3.63, 3.8) is 0 Å². The summed E-state index contributed by atoms with van der Waals surface area (Å²) >= 11 is 1.22. The van der Waals surface area contributed by atoms with Crippen LogP contribution in [0.3, 0.4) is 0 Å². The third-order valence-corrected chi connectivity index (χ3v) is 11.9. The van der Waals surface area contributed by atoms with Crippen LogP contribution in [0.5, 0.6) is 0 Å². The Morgan fingerprint density at radius 3 is 2.45 bits per heavy atom. The second kappa shape index (κ2) is 6.03. The molecule has 0 saturated heterocycles. The maximum absolute atomic E-state index is 12.4. The molecule has 7 heteroatoms. The van der Waals surface area contributed by atoms with Gasteiger partial charge >= 0.3 is 0 Å². The van der Waals surface area contributed by atoms with Crippen molar-refractivity contribution in [2.45, 2.75) is 43.2 Å². The van der Waals surface area contributed by atoms with Crippen molar-refractivity contribution >= 4 is 39.7 Å². The van der Waals surface area contributed by atoms with Gasteiger partial charge in [-0.3, -0.25) is 0 Å². The van der Waals surface area contributed by atoms with Gasteiger partial charge in [0.15, 0.2) is 8.32 Å². The van der Waals surface area contributed by atoms with Crippen molar-refractivity contribution in [2.75, 3.05) is 12.4 Å². The Hall–Kier alpha value is -0.763. The van der Waals surface area contributed by atoms with Gasteiger partial charge in [0, 0.05) is 6.61 Å². The lowest BCUT2D eigenvalue weighted by atomic mass is 10.2. The Morgan fingerprint density at radius 2 is 1.86 bits per heavy atom. The minimum Gasteiger partial charge on any atom is -0.416 e. The van der Waals surface area contributed by atoms with Crippen LogP contribution in [0.4, 0.5) is 0 Å². The monoisotopic (exact) mass is 357 g/mol. The molecular formula is C15H23NO3S2Si. The zero-order valence-corrected chi connectivity index (χ0v) is 16.3. The predicted molar refractivity (Wildman–Crippen MR) is 94.8 cm³/mol. The van der Waals surface area contributed by atoms with Crippen LogP contribution in [0.25, 0.3) is 10.2 Å². The highest BCUT2D eigenvalue weighted by atomic mass is 32.2.